The van der Waals surface area contributed by atoms with Crippen LogP contribution in [0.25, 0.3) is 5.00 Å². The number of nitrogens with one attached hydrogen (secondary N) is 2. The lowest BCUT2D eigenvalue weighted by molar-refractivity contribution is 0.237. The second-order valence-electron chi connectivity index (χ2n) is 6.63. The van der Waals surface area contributed by atoms with Gasteiger partial charge in [0.05, 0.1) is 6.04 Å². The highest BCUT2D eigenvalue weighted by Gasteiger charge is 2.20. The van der Waals surface area contributed by atoms with E-state index in [0.29, 0.717) is 6.54 Å². The Hall–Kier alpha value is -2.53. The molecule has 2 heterocycles. The number of carbonyl (C=O) groups excluding carboxylic acids is 1. The number of thiophene rings is 1. The normalized spacial score (nSPS) is 12.0. The Morgan fingerprint density at radius 2 is 1.77 bits per heavy atom. The fourth-order valence-corrected chi connectivity index (χ4v) is 4.23. The van der Waals surface area contributed by atoms with Crippen LogP contribution < -0.4 is 10.6 Å². The summed E-state index contributed by atoms with van der Waals surface area (Å²) in [5, 5.41) is 7.19. The van der Waals surface area contributed by atoms with Gasteiger partial charge in [-0.3, -0.25) is 0 Å². The van der Waals surface area contributed by atoms with Gasteiger partial charge < -0.3 is 15.2 Å². The van der Waals surface area contributed by atoms with E-state index < -0.39 is 0 Å². The predicted molar refractivity (Wildman–Crippen MR) is 108 cm³/mol. The van der Waals surface area contributed by atoms with Crippen molar-refractivity contribution >= 4 is 17.4 Å². The van der Waals surface area contributed by atoms with E-state index in [1.807, 2.05) is 43.6 Å². The topological polar surface area (TPSA) is 46.1 Å². The number of amides is 2. The van der Waals surface area contributed by atoms with Crippen LogP contribution in [0.4, 0.5) is 4.79 Å². The Morgan fingerprint density at radius 3 is 2.42 bits per heavy atom. The molecule has 1 atom stereocenters. The van der Waals surface area contributed by atoms with E-state index in [2.05, 4.69) is 48.1 Å². The molecule has 0 saturated carbocycles. The molecule has 2 aromatic heterocycles. The van der Waals surface area contributed by atoms with Crippen LogP contribution in [-0.4, -0.2) is 10.6 Å². The molecule has 0 unspecified atom stereocenters. The van der Waals surface area contributed by atoms with Crippen molar-refractivity contribution in [3.8, 4) is 5.00 Å². The lowest BCUT2D eigenvalue weighted by atomic mass is 10.1. The number of rotatable bonds is 5. The van der Waals surface area contributed by atoms with E-state index in [-0.39, 0.29) is 12.1 Å². The first kappa shape index (κ1) is 18.3. The Balaban J connectivity index is 1.69. The molecule has 0 radical (unpaired) electrons. The summed E-state index contributed by atoms with van der Waals surface area (Å²) in [7, 11) is 0. The molecule has 0 aliphatic heterocycles. The first-order valence-electron chi connectivity index (χ1n) is 8.79. The predicted octanol–water partition coefficient (Wildman–Crippen LogP) is 5.02. The molecule has 0 saturated heterocycles. The minimum Gasteiger partial charge on any atom is -0.334 e. The van der Waals surface area contributed by atoms with Gasteiger partial charge in [0.2, 0.25) is 0 Å². The van der Waals surface area contributed by atoms with Gasteiger partial charge in [-0.1, -0.05) is 29.8 Å². The van der Waals surface area contributed by atoms with Crippen LogP contribution in [0.5, 0.6) is 0 Å². The highest BCUT2D eigenvalue weighted by atomic mass is 32.1. The molecule has 26 heavy (non-hydrogen) atoms. The van der Waals surface area contributed by atoms with Crippen molar-refractivity contribution in [2.24, 2.45) is 0 Å². The van der Waals surface area contributed by atoms with Crippen molar-refractivity contribution in [2.45, 2.75) is 40.3 Å². The highest BCUT2D eigenvalue weighted by Crippen LogP contribution is 2.35. The summed E-state index contributed by atoms with van der Waals surface area (Å²) >= 11 is 1.76. The third-order valence-electron chi connectivity index (χ3n) is 4.61. The number of benzene rings is 1. The number of hydrogen-bond acceptors (Lipinski definition) is 2. The second kappa shape index (κ2) is 7.79. The summed E-state index contributed by atoms with van der Waals surface area (Å²) in [5.41, 5.74) is 4.72. The van der Waals surface area contributed by atoms with Crippen molar-refractivity contribution in [3.05, 3.63) is 75.9 Å². The molecular formula is C21H25N3OS. The summed E-state index contributed by atoms with van der Waals surface area (Å²) in [5.74, 6) is 0. The Labute approximate surface area is 158 Å². The minimum atomic E-state index is -0.153. The number of carbonyl (C=O) groups is 1. The van der Waals surface area contributed by atoms with E-state index in [0.717, 1.165) is 10.6 Å². The van der Waals surface area contributed by atoms with E-state index in [1.54, 1.807) is 11.3 Å². The standard InChI is InChI=1S/C21H25N3OS/c1-14-7-9-18(10-8-14)13-22-21(25)23-16(3)19-15(2)17(4)26-20(19)24-11-5-6-12-24/h5-12,16H,13H2,1-4H3,(H2,22,23,25)/t16-/m0/s1. The number of urea groups is 1. The fourth-order valence-electron chi connectivity index (χ4n) is 3.01. The number of aryl methyl sites for hydroxylation is 2. The Kier molecular flexibility index (Phi) is 5.47. The number of hydrogen-bond donors (Lipinski definition) is 2. The van der Waals surface area contributed by atoms with Crippen LogP contribution in [0, 0.1) is 20.8 Å². The monoisotopic (exact) mass is 367 g/mol. The molecule has 3 rings (SSSR count). The van der Waals surface area contributed by atoms with Gasteiger partial charge in [0, 0.05) is 29.4 Å². The zero-order valence-electron chi connectivity index (χ0n) is 15.7. The second-order valence-corrected chi connectivity index (χ2v) is 7.83. The van der Waals surface area contributed by atoms with Gasteiger partial charge in [0.25, 0.3) is 0 Å². The minimum absolute atomic E-state index is 0.0737. The molecule has 1 aromatic carbocycles. The zero-order valence-corrected chi connectivity index (χ0v) is 16.5. The van der Waals surface area contributed by atoms with Gasteiger partial charge in [-0.25, -0.2) is 4.79 Å². The van der Waals surface area contributed by atoms with Crippen LogP contribution in [0.2, 0.25) is 0 Å². The average Bonchev–Trinajstić information content (AvgIpc) is 3.23. The van der Waals surface area contributed by atoms with E-state index in [4.69, 9.17) is 0 Å². The van der Waals surface area contributed by atoms with Crippen LogP contribution >= 0.6 is 11.3 Å². The van der Waals surface area contributed by atoms with E-state index in [9.17, 15) is 4.79 Å². The van der Waals surface area contributed by atoms with Crippen LogP contribution in [0.15, 0.2) is 48.8 Å². The third-order valence-corrected chi connectivity index (χ3v) is 5.84. The van der Waals surface area contributed by atoms with Crippen LogP contribution in [0.1, 0.15) is 40.1 Å². The highest BCUT2D eigenvalue weighted by molar-refractivity contribution is 7.14. The quantitative estimate of drug-likeness (QED) is 0.653. The van der Waals surface area contributed by atoms with Crippen LogP contribution in [0.3, 0.4) is 0 Å². The molecule has 0 bridgehead atoms. The number of nitrogens with zero attached hydrogens (tertiary/aromatic N) is 1. The maximum Gasteiger partial charge on any atom is 0.315 e. The smallest absolute Gasteiger partial charge is 0.315 e. The van der Waals surface area contributed by atoms with Gasteiger partial charge in [-0.2, -0.15) is 0 Å². The lowest BCUT2D eigenvalue weighted by Crippen LogP contribution is -2.37. The number of aromatic nitrogens is 1. The van der Waals surface area contributed by atoms with Crippen molar-refractivity contribution in [2.75, 3.05) is 0 Å². The van der Waals surface area contributed by atoms with Crippen molar-refractivity contribution in [1.82, 2.24) is 15.2 Å². The van der Waals surface area contributed by atoms with Gasteiger partial charge in [0.1, 0.15) is 5.00 Å². The summed E-state index contributed by atoms with van der Waals surface area (Å²) in [6.07, 6.45) is 4.08. The molecule has 0 fully saturated rings. The molecule has 5 heteroatoms. The molecule has 2 N–H and O–H groups in total. The fraction of sp³-hybridized carbons (Fsp3) is 0.286. The first-order chi connectivity index (χ1) is 12.5. The average molecular weight is 368 g/mol. The zero-order chi connectivity index (χ0) is 18.7. The Bertz CT molecular complexity index is 879. The van der Waals surface area contributed by atoms with Crippen molar-refractivity contribution < 1.29 is 4.79 Å². The molecule has 0 spiro atoms. The van der Waals surface area contributed by atoms with Gasteiger partial charge in [-0.05, 0) is 51.0 Å². The molecular weight excluding hydrogens is 342 g/mol. The van der Waals surface area contributed by atoms with Crippen molar-refractivity contribution in [1.29, 1.82) is 0 Å². The van der Waals surface area contributed by atoms with Gasteiger partial charge in [0.15, 0.2) is 0 Å². The summed E-state index contributed by atoms with van der Waals surface area (Å²) in [6, 6.07) is 12.0. The van der Waals surface area contributed by atoms with Crippen molar-refractivity contribution in [3.63, 3.8) is 0 Å². The molecule has 2 amide bonds. The molecule has 0 aliphatic rings. The van der Waals surface area contributed by atoms with Crippen LogP contribution in [-0.2, 0) is 6.54 Å². The summed E-state index contributed by atoms with van der Waals surface area (Å²) in [4.78, 5) is 13.6. The maximum atomic E-state index is 12.4. The van der Waals surface area contributed by atoms with Gasteiger partial charge in [-0.15, -0.1) is 11.3 Å². The first-order valence-corrected chi connectivity index (χ1v) is 9.60. The maximum absolute atomic E-state index is 12.4. The van der Waals surface area contributed by atoms with E-state index >= 15 is 0 Å². The SMILES string of the molecule is Cc1ccc(CNC(=O)N[C@@H](C)c2c(-n3cccc3)sc(C)c2C)cc1. The largest absolute Gasteiger partial charge is 0.334 e. The van der Waals surface area contributed by atoms with E-state index in [1.165, 1.54) is 21.6 Å². The molecule has 4 nitrogen and oxygen atoms in total. The molecule has 3 aromatic rings. The summed E-state index contributed by atoms with van der Waals surface area (Å²) in [6.45, 7) is 8.86. The molecule has 0 aliphatic carbocycles. The third kappa shape index (κ3) is 3.99. The Morgan fingerprint density at radius 1 is 1.12 bits per heavy atom. The van der Waals surface area contributed by atoms with Gasteiger partial charge >= 0.3 is 6.03 Å². The lowest BCUT2D eigenvalue weighted by Gasteiger charge is -2.17. The molecule has 136 valence electrons. The summed E-state index contributed by atoms with van der Waals surface area (Å²) < 4.78 is 2.11.